The van der Waals surface area contributed by atoms with Crippen LogP contribution in [0, 0.1) is 11.8 Å². The average Bonchev–Trinajstić information content (AvgIpc) is 3.00. The molecular weight excluding hydrogens is 348 g/mol. The van der Waals surface area contributed by atoms with Gasteiger partial charge in [0.25, 0.3) is 5.91 Å². The number of hydrogen-bond donors (Lipinski definition) is 2. The van der Waals surface area contributed by atoms with Crippen LogP contribution in [-0.4, -0.2) is 41.1 Å². The molecule has 2 unspecified atom stereocenters. The fourth-order valence-corrected chi connectivity index (χ4v) is 4.08. The molecule has 2 atom stereocenters. The van der Waals surface area contributed by atoms with Crippen LogP contribution in [0.4, 0.5) is 4.79 Å². The number of hydrogen-bond acceptors (Lipinski definition) is 3. The van der Waals surface area contributed by atoms with Gasteiger partial charge in [0.1, 0.15) is 0 Å². The summed E-state index contributed by atoms with van der Waals surface area (Å²) in [5.41, 5.74) is 0. The van der Waals surface area contributed by atoms with Crippen LogP contribution in [0.3, 0.4) is 0 Å². The lowest BCUT2D eigenvalue weighted by Gasteiger charge is -2.36. The summed E-state index contributed by atoms with van der Waals surface area (Å²) in [5, 5.41) is 12.3. The highest BCUT2D eigenvalue weighted by atomic mass is 35.5. The second-order valence-electron chi connectivity index (χ2n) is 6.54. The van der Waals surface area contributed by atoms with Crippen molar-refractivity contribution < 1.29 is 14.7 Å². The highest BCUT2D eigenvalue weighted by molar-refractivity contribution is 7.17. The highest BCUT2D eigenvalue weighted by Crippen LogP contribution is 2.27. The van der Waals surface area contributed by atoms with Crippen LogP contribution in [0.2, 0.25) is 4.34 Å². The zero-order chi connectivity index (χ0) is 17.7. The number of halogens is 1. The van der Waals surface area contributed by atoms with Crippen molar-refractivity contribution in [2.45, 2.75) is 45.6 Å². The molecule has 1 aliphatic rings. The van der Waals surface area contributed by atoms with Gasteiger partial charge in [-0.2, -0.15) is 0 Å². The summed E-state index contributed by atoms with van der Waals surface area (Å²) >= 11 is 7.20. The van der Waals surface area contributed by atoms with Crippen molar-refractivity contribution in [3.8, 4) is 0 Å². The van der Waals surface area contributed by atoms with E-state index < -0.39 is 6.09 Å². The number of amides is 2. The van der Waals surface area contributed by atoms with E-state index in [4.69, 9.17) is 16.7 Å². The third kappa shape index (κ3) is 5.11. The summed E-state index contributed by atoms with van der Waals surface area (Å²) < 4.78 is 0.605. The Bertz CT molecular complexity index is 570. The van der Waals surface area contributed by atoms with Crippen molar-refractivity contribution in [1.82, 2.24) is 10.2 Å². The number of nitrogens with zero attached hydrogens (tertiary/aromatic N) is 1. The quantitative estimate of drug-likeness (QED) is 0.780. The number of nitrogens with one attached hydrogen (secondary N) is 1. The Morgan fingerprint density at radius 2 is 2.08 bits per heavy atom. The maximum atomic E-state index is 12.5. The maximum Gasteiger partial charge on any atom is 0.407 e. The molecule has 0 bridgehead atoms. The zero-order valence-corrected chi connectivity index (χ0v) is 15.7. The Hall–Kier alpha value is -1.27. The minimum absolute atomic E-state index is 0.0734. The second-order valence-corrected chi connectivity index (χ2v) is 8.25. The van der Waals surface area contributed by atoms with Gasteiger partial charge < -0.3 is 15.3 Å². The lowest BCUT2D eigenvalue weighted by Crippen LogP contribution is -2.47. The number of rotatable bonds is 6. The van der Waals surface area contributed by atoms with E-state index in [0.29, 0.717) is 34.1 Å². The van der Waals surface area contributed by atoms with Gasteiger partial charge in [-0.15, -0.1) is 11.3 Å². The van der Waals surface area contributed by atoms with Gasteiger partial charge in [0.2, 0.25) is 0 Å². The molecule has 7 heteroatoms. The molecule has 0 radical (unpaired) electrons. The highest BCUT2D eigenvalue weighted by Gasteiger charge is 2.30. The van der Waals surface area contributed by atoms with Crippen molar-refractivity contribution in [1.29, 1.82) is 0 Å². The van der Waals surface area contributed by atoms with Gasteiger partial charge in [0.15, 0.2) is 0 Å². The first-order chi connectivity index (χ1) is 11.4. The van der Waals surface area contributed by atoms with Gasteiger partial charge in [-0.05, 0) is 43.2 Å². The molecule has 1 aromatic rings. The lowest BCUT2D eigenvalue weighted by atomic mass is 9.84. The predicted octanol–water partition coefficient (Wildman–Crippen LogP) is 4.33. The van der Waals surface area contributed by atoms with E-state index in [9.17, 15) is 9.59 Å². The van der Waals surface area contributed by atoms with E-state index in [1.807, 2.05) is 0 Å². The molecule has 2 amide bonds. The van der Waals surface area contributed by atoms with Crippen molar-refractivity contribution in [2.75, 3.05) is 13.1 Å². The molecule has 0 aliphatic carbocycles. The first kappa shape index (κ1) is 19.1. The topological polar surface area (TPSA) is 69.6 Å². The van der Waals surface area contributed by atoms with Gasteiger partial charge in [0.05, 0.1) is 9.21 Å². The van der Waals surface area contributed by atoms with Crippen molar-refractivity contribution in [2.24, 2.45) is 11.8 Å². The molecule has 2 N–H and O–H groups in total. The number of thiophene rings is 1. The SMILES string of the molecule is CCC(C)CC(NC(=O)c1ccc(Cl)s1)C1CCN(C(=O)O)CC1. The molecule has 24 heavy (non-hydrogen) atoms. The molecule has 1 saturated heterocycles. The van der Waals surface area contributed by atoms with E-state index in [2.05, 4.69) is 19.2 Å². The maximum absolute atomic E-state index is 12.5. The van der Waals surface area contributed by atoms with Crippen molar-refractivity contribution in [3.05, 3.63) is 21.3 Å². The minimum Gasteiger partial charge on any atom is -0.465 e. The molecule has 1 aromatic heterocycles. The standard InChI is InChI=1S/C17H25ClN2O3S/c1-3-11(2)10-13(12-6-8-20(9-7-12)17(22)23)19-16(21)14-4-5-15(18)24-14/h4-5,11-13H,3,6-10H2,1-2H3,(H,19,21)(H,22,23). The smallest absolute Gasteiger partial charge is 0.407 e. The molecule has 134 valence electrons. The van der Waals surface area contributed by atoms with E-state index in [1.54, 1.807) is 12.1 Å². The van der Waals surface area contributed by atoms with Gasteiger partial charge >= 0.3 is 6.09 Å². The number of carbonyl (C=O) groups is 2. The number of piperidine rings is 1. The summed E-state index contributed by atoms with van der Waals surface area (Å²) in [6.45, 7) is 5.42. The Morgan fingerprint density at radius 1 is 1.42 bits per heavy atom. The lowest BCUT2D eigenvalue weighted by molar-refractivity contribution is 0.0866. The van der Waals surface area contributed by atoms with Crippen LogP contribution in [0.15, 0.2) is 12.1 Å². The number of likely N-dealkylation sites (tertiary alicyclic amines) is 1. The summed E-state index contributed by atoms with van der Waals surface area (Å²) in [7, 11) is 0. The van der Waals surface area contributed by atoms with Gasteiger partial charge in [-0.25, -0.2) is 4.79 Å². The molecule has 1 aliphatic heterocycles. The Kier molecular flexibility index (Phi) is 6.92. The van der Waals surface area contributed by atoms with Crippen LogP contribution in [-0.2, 0) is 0 Å². The number of carboxylic acid groups (broad SMARTS) is 1. The van der Waals surface area contributed by atoms with Crippen LogP contribution in [0.25, 0.3) is 0 Å². The monoisotopic (exact) mass is 372 g/mol. The van der Waals surface area contributed by atoms with E-state index in [1.165, 1.54) is 16.2 Å². The second kappa shape index (κ2) is 8.72. The molecule has 2 rings (SSSR count). The Balaban J connectivity index is 2.02. The van der Waals surface area contributed by atoms with Crippen molar-refractivity contribution in [3.63, 3.8) is 0 Å². The van der Waals surface area contributed by atoms with E-state index >= 15 is 0 Å². The fourth-order valence-electron chi connectivity index (χ4n) is 3.14. The average molecular weight is 373 g/mol. The van der Waals surface area contributed by atoms with Crippen LogP contribution >= 0.6 is 22.9 Å². The Labute approximate surface area is 152 Å². The third-order valence-corrected chi connectivity index (χ3v) is 6.08. The third-order valence-electron chi connectivity index (χ3n) is 4.85. The van der Waals surface area contributed by atoms with Gasteiger partial charge in [0, 0.05) is 19.1 Å². The summed E-state index contributed by atoms with van der Waals surface area (Å²) in [4.78, 5) is 25.6. The van der Waals surface area contributed by atoms with Gasteiger partial charge in [-0.3, -0.25) is 4.79 Å². The first-order valence-electron chi connectivity index (χ1n) is 8.44. The predicted molar refractivity (Wildman–Crippen MR) is 97.0 cm³/mol. The fraction of sp³-hybridized carbons (Fsp3) is 0.647. The van der Waals surface area contributed by atoms with E-state index in [-0.39, 0.29) is 11.9 Å². The molecule has 0 spiro atoms. The molecule has 0 aromatic carbocycles. The largest absolute Gasteiger partial charge is 0.465 e. The number of carbonyl (C=O) groups excluding carboxylic acids is 1. The molecule has 5 nitrogen and oxygen atoms in total. The van der Waals surface area contributed by atoms with Crippen molar-refractivity contribution >= 4 is 34.9 Å². The first-order valence-corrected chi connectivity index (χ1v) is 9.64. The summed E-state index contributed by atoms with van der Waals surface area (Å²) in [5.74, 6) is 0.745. The normalized spacial score (nSPS) is 18.2. The van der Waals surface area contributed by atoms with Crippen LogP contribution in [0.5, 0.6) is 0 Å². The minimum atomic E-state index is -0.857. The van der Waals surface area contributed by atoms with Crippen LogP contribution in [0.1, 0.15) is 49.2 Å². The molecular formula is C17H25ClN2O3S. The summed E-state index contributed by atoms with van der Waals surface area (Å²) in [6, 6.07) is 3.55. The molecule has 0 saturated carbocycles. The van der Waals surface area contributed by atoms with Gasteiger partial charge in [-0.1, -0.05) is 31.9 Å². The van der Waals surface area contributed by atoms with E-state index in [0.717, 1.165) is 25.7 Å². The Morgan fingerprint density at radius 3 is 2.58 bits per heavy atom. The molecule has 2 heterocycles. The zero-order valence-electron chi connectivity index (χ0n) is 14.1. The van der Waals surface area contributed by atoms with Crippen LogP contribution < -0.4 is 5.32 Å². The molecule has 1 fully saturated rings. The summed E-state index contributed by atoms with van der Waals surface area (Å²) in [6.07, 6.45) is 2.70.